The van der Waals surface area contributed by atoms with Gasteiger partial charge in [-0.15, -0.1) is 0 Å². The Bertz CT molecular complexity index is 471. The molecule has 1 aromatic rings. The molecule has 0 aliphatic carbocycles. The third kappa shape index (κ3) is 3.73. The van der Waals surface area contributed by atoms with Crippen LogP contribution in [-0.4, -0.2) is 32.3 Å². The van der Waals surface area contributed by atoms with Crippen molar-refractivity contribution in [1.82, 2.24) is 5.32 Å². The van der Waals surface area contributed by atoms with E-state index in [-0.39, 0.29) is 12.6 Å². The van der Waals surface area contributed by atoms with Crippen molar-refractivity contribution >= 4 is 5.97 Å². The number of likely N-dealkylation sites (N-methyl/N-ethyl adjacent to an activating group) is 1. The number of carbonyl (C=O) groups is 1. The van der Waals surface area contributed by atoms with Gasteiger partial charge in [-0.2, -0.15) is 0 Å². The fourth-order valence-electron chi connectivity index (χ4n) is 1.81. The Hall–Kier alpha value is -1.55. The van der Waals surface area contributed by atoms with Gasteiger partial charge in [-0.05, 0) is 44.0 Å². The van der Waals surface area contributed by atoms with Gasteiger partial charge < -0.3 is 14.8 Å². The summed E-state index contributed by atoms with van der Waals surface area (Å²) in [5, 5.41) is 2.96. The second-order valence-corrected chi connectivity index (χ2v) is 5.54. The van der Waals surface area contributed by atoms with E-state index < -0.39 is 5.54 Å². The molecule has 1 aromatic carbocycles. The predicted octanol–water partition coefficient (Wildman–Crippen LogP) is 2.65. The fourth-order valence-corrected chi connectivity index (χ4v) is 1.81. The largest absolute Gasteiger partial charge is 0.491 e. The summed E-state index contributed by atoms with van der Waals surface area (Å²) in [6.45, 7) is 8.26. The Morgan fingerprint density at radius 1 is 1.40 bits per heavy atom. The predicted molar refractivity (Wildman–Crippen MR) is 80.2 cm³/mol. The minimum atomic E-state index is -0.852. The molecule has 0 saturated carbocycles. The lowest BCUT2D eigenvalue weighted by Crippen LogP contribution is -2.52. The fraction of sp³-hybridized carbons (Fsp3) is 0.562. The molecule has 0 aromatic heterocycles. The van der Waals surface area contributed by atoms with Crippen LogP contribution < -0.4 is 10.1 Å². The van der Waals surface area contributed by atoms with Gasteiger partial charge in [0.05, 0.1) is 7.11 Å². The van der Waals surface area contributed by atoms with Crippen LogP contribution in [0.3, 0.4) is 0 Å². The molecule has 0 bridgehead atoms. The first-order chi connectivity index (χ1) is 9.34. The summed E-state index contributed by atoms with van der Waals surface area (Å²) in [6.07, 6.45) is 0. The van der Waals surface area contributed by atoms with Gasteiger partial charge in [0.25, 0.3) is 0 Å². The Balaban J connectivity index is 2.88. The van der Waals surface area contributed by atoms with Crippen molar-refractivity contribution in [1.29, 1.82) is 0 Å². The number of aryl methyl sites for hydroxylation is 1. The summed E-state index contributed by atoms with van der Waals surface area (Å²) in [5.74, 6) is 0.911. The highest BCUT2D eigenvalue weighted by atomic mass is 16.5. The molecule has 4 nitrogen and oxygen atoms in total. The zero-order valence-electron chi connectivity index (χ0n) is 13.2. The van der Waals surface area contributed by atoms with Gasteiger partial charge in [0.15, 0.2) is 0 Å². The lowest BCUT2D eigenvalue weighted by molar-refractivity contribution is -0.148. The quantitative estimate of drug-likeness (QED) is 0.813. The average Bonchev–Trinajstić information content (AvgIpc) is 2.44. The number of nitrogens with one attached hydrogen (secondary N) is 1. The van der Waals surface area contributed by atoms with Crippen LogP contribution in [0.1, 0.15) is 37.8 Å². The number of benzene rings is 1. The van der Waals surface area contributed by atoms with Gasteiger partial charge in [-0.1, -0.05) is 26.0 Å². The van der Waals surface area contributed by atoms with Crippen molar-refractivity contribution in [3.05, 3.63) is 29.3 Å². The van der Waals surface area contributed by atoms with Crippen LogP contribution in [0, 0.1) is 6.92 Å². The smallest absolute Gasteiger partial charge is 0.329 e. The normalized spacial score (nSPS) is 13.9. The van der Waals surface area contributed by atoms with E-state index in [4.69, 9.17) is 9.47 Å². The third-order valence-corrected chi connectivity index (χ3v) is 3.58. The van der Waals surface area contributed by atoms with Gasteiger partial charge in [0.1, 0.15) is 17.9 Å². The molecule has 1 unspecified atom stereocenters. The highest BCUT2D eigenvalue weighted by Gasteiger charge is 2.33. The lowest BCUT2D eigenvalue weighted by Gasteiger charge is -2.26. The molecule has 0 amide bonds. The maximum Gasteiger partial charge on any atom is 0.329 e. The summed E-state index contributed by atoms with van der Waals surface area (Å²) >= 11 is 0. The SMILES string of the molecule is CNC(C)(COc1cc(C(C)C)ccc1C)C(=O)OC. The molecule has 0 radical (unpaired) electrons. The van der Waals surface area contributed by atoms with Crippen LogP contribution in [0.5, 0.6) is 5.75 Å². The van der Waals surface area contributed by atoms with Crippen molar-refractivity contribution in [3.63, 3.8) is 0 Å². The number of methoxy groups -OCH3 is 1. The molecule has 1 N–H and O–H groups in total. The minimum Gasteiger partial charge on any atom is -0.491 e. The van der Waals surface area contributed by atoms with Gasteiger partial charge >= 0.3 is 5.97 Å². The van der Waals surface area contributed by atoms with Crippen LogP contribution in [0.2, 0.25) is 0 Å². The number of ether oxygens (including phenoxy) is 2. The minimum absolute atomic E-state index is 0.221. The van der Waals surface area contributed by atoms with Crippen molar-refractivity contribution in [2.75, 3.05) is 20.8 Å². The summed E-state index contributed by atoms with van der Waals surface area (Å²) in [4.78, 5) is 11.8. The summed E-state index contributed by atoms with van der Waals surface area (Å²) in [6, 6.07) is 6.18. The summed E-state index contributed by atoms with van der Waals surface area (Å²) < 4.78 is 10.6. The van der Waals surface area contributed by atoms with Crippen molar-refractivity contribution in [3.8, 4) is 5.75 Å². The monoisotopic (exact) mass is 279 g/mol. The van der Waals surface area contributed by atoms with Gasteiger partial charge in [0.2, 0.25) is 0 Å². The second-order valence-electron chi connectivity index (χ2n) is 5.54. The first-order valence-electron chi connectivity index (χ1n) is 6.84. The molecular weight excluding hydrogens is 254 g/mol. The number of hydrogen-bond donors (Lipinski definition) is 1. The molecule has 1 rings (SSSR count). The van der Waals surface area contributed by atoms with Gasteiger partial charge in [-0.3, -0.25) is 0 Å². The molecule has 0 fully saturated rings. The van der Waals surface area contributed by atoms with E-state index in [2.05, 4.69) is 25.2 Å². The molecule has 0 heterocycles. The van der Waals surface area contributed by atoms with Crippen LogP contribution in [0.25, 0.3) is 0 Å². The average molecular weight is 279 g/mol. The molecule has 0 aliphatic rings. The zero-order valence-corrected chi connectivity index (χ0v) is 13.2. The maximum absolute atomic E-state index is 11.8. The molecule has 0 aliphatic heterocycles. The Morgan fingerprint density at radius 2 is 2.05 bits per heavy atom. The first-order valence-corrected chi connectivity index (χ1v) is 6.84. The lowest BCUT2D eigenvalue weighted by atomic mass is 10.0. The number of rotatable bonds is 6. The standard InChI is InChI=1S/C16H25NO3/c1-11(2)13-8-7-12(3)14(9-13)20-10-16(4,17-5)15(18)19-6/h7-9,11,17H,10H2,1-6H3. The third-order valence-electron chi connectivity index (χ3n) is 3.58. The van der Waals surface area contributed by atoms with Gasteiger partial charge in [0, 0.05) is 0 Å². The number of esters is 1. The Labute approximate surface area is 121 Å². The molecule has 1 atom stereocenters. The maximum atomic E-state index is 11.8. The number of hydrogen-bond acceptors (Lipinski definition) is 4. The molecule has 4 heteroatoms. The van der Waals surface area contributed by atoms with E-state index in [1.165, 1.54) is 12.7 Å². The zero-order chi connectivity index (χ0) is 15.3. The van der Waals surface area contributed by atoms with Crippen molar-refractivity contribution < 1.29 is 14.3 Å². The van der Waals surface area contributed by atoms with E-state index in [1.807, 2.05) is 19.1 Å². The van der Waals surface area contributed by atoms with Crippen LogP contribution in [0.4, 0.5) is 0 Å². The topological polar surface area (TPSA) is 47.6 Å². The molecular formula is C16H25NO3. The highest BCUT2D eigenvalue weighted by Crippen LogP contribution is 2.25. The van der Waals surface area contributed by atoms with E-state index in [1.54, 1.807) is 14.0 Å². The summed E-state index contributed by atoms with van der Waals surface area (Å²) in [7, 11) is 3.10. The van der Waals surface area contributed by atoms with Crippen LogP contribution >= 0.6 is 0 Å². The summed E-state index contributed by atoms with van der Waals surface area (Å²) in [5.41, 5.74) is 1.42. The first kappa shape index (κ1) is 16.5. The molecule has 20 heavy (non-hydrogen) atoms. The van der Waals surface area contributed by atoms with E-state index in [0.29, 0.717) is 5.92 Å². The number of carbonyl (C=O) groups excluding carboxylic acids is 1. The van der Waals surface area contributed by atoms with Crippen molar-refractivity contribution in [2.45, 2.75) is 39.2 Å². The molecule has 0 saturated heterocycles. The van der Waals surface area contributed by atoms with E-state index in [9.17, 15) is 4.79 Å². The van der Waals surface area contributed by atoms with Gasteiger partial charge in [-0.25, -0.2) is 4.79 Å². The Morgan fingerprint density at radius 3 is 2.55 bits per heavy atom. The molecule has 112 valence electrons. The second kappa shape index (κ2) is 6.75. The molecule has 0 spiro atoms. The van der Waals surface area contributed by atoms with Crippen LogP contribution in [-0.2, 0) is 9.53 Å². The van der Waals surface area contributed by atoms with Crippen LogP contribution in [0.15, 0.2) is 18.2 Å². The van der Waals surface area contributed by atoms with E-state index >= 15 is 0 Å². The Kier molecular flexibility index (Phi) is 5.57. The van der Waals surface area contributed by atoms with E-state index in [0.717, 1.165) is 11.3 Å². The van der Waals surface area contributed by atoms with Crippen molar-refractivity contribution in [2.24, 2.45) is 0 Å². The highest BCUT2D eigenvalue weighted by molar-refractivity contribution is 5.80.